The molecule has 0 aliphatic carbocycles. The van der Waals surface area contributed by atoms with Gasteiger partial charge in [-0.1, -0.05) is 0 Å². The first-order valence-electron chi connectivity index (χ1n) is 1.56. The minimum absolute atomic E-state index is 0. The zero-order valence-electron chi connectivity index (χ0n) is 4.65. The van der Waals surface area contributed by atoms with Gasteiger partial charge in [-0.05, 0) is 0 Å². The summed E-state index contributed by atoms with van der Waals surface area (Å²) in [4.78, 5) is 0. The van der Waals surface area contributed by atoms with Crippen molar-refractivity contribution in [3.05, 3.63) is 0 Å². The van der Waals surface area contributed by atoms with E-state index in [0.29, 0.717) is 0 Å². The fraction of sp³-hybridized carbons (Fsp3) is 0. The van der Waals surface area contributed by atoms with Gasteiger partial charge in [0.2, 0.25) is 0 Å². The Labute approximate surface area is 164 Å². The average Bonchev–Trinajstić information content (AvgIpc) is 1.59. The van der Waals surface area contributed by atoms with E-state index in [1.807, 2.05) is 0 Å². The third kappa shape index (κ3) is 31.3. The topological polar surface area (TPSA) is 149 Å². The van der Waals surface area contributed by atoms with Crippen LogP contribution in [0.1, 0.15) is 0 Å². The van der Waals surface area contributed by atoms with Crippen LogP contribution in [0.2, 0.25) is 0 Å². The third-order valence-electron chi connectivity index (χ3n) is 0.180. The predicted octanol–water partition coefficient (Wildman–Crippen LogP) is -2.60. The van der Waals surface area contributed by atoms with Crippen molar-refractivity contribution in [3.63, 3.8) is 0 Å². The quantitative estimate of drug-likeness (QED) is 0.178. The van der Waals surface area contributed by atoms with Crippen molar-refractivity contribution in [2.24, 2.45) is 0 Å². The van der Waals surface area contributed by atoms with E-state index in [9.17, 15) is 12.6 Å². The number of rotatable bonds is 1. The first kappa shape index (κ1) is 25.3. The molecule has 0 rings (SSSR count). The summed E-state index contributed by atoms with van der Waals surface area (Å²) >= 11 is -2.61. The van der Waals surface area contributed by atoms with Crippen molar-refractivity contribution in [3.8, 4) is 0 Å². The molecule has 8 nitrogen and oxygen atoms in total. The average molecular weight is 308 g/mol. The van der Waals surface area contributed by atoms with Crippen LogP contribution in [0.15, 0.2) is 0 Å². The van der Waals surface area contributed by atoms with Crippen molar-refractivity contribution >= 4 is 133 Å². The van der Waals surface area contributed by atoms with Gasteiger partial charge in [-0.25, -0.2) is 4.21 Å². The summed E-state index contributed by atoms with van der Waals surface area (Å²) in [5.41, 5.74) is 0. The zero-order chi connectivity index (χ0) is 9.65. The van der Waals surface area contributed by atoms with E-state index in [1.165, 1.54) is 0 Å². The standard InChI is InChI=1S/2K.H2O5S2.H2O3S.2H/c;;1-6(2)7(3,4)5;1-4(2)3;;/h;;(H,1,2)(H,3,4,5);(H2,1,2,3);;. The van der Waals surface area contributed by atoms with Crippen LogP contribution in [-0.2, 0) is 30.6 Å². The Morgan fingerprint density at radius 2 is 1.00 bits per heavy atom. The van der Waals surface area contributed by atoms with Gasteiger partial charge >= 0.3 is 122 Å². The molecular weight excluding hydrogens is 302 g/mol. The molecule has 1 atom stereocenters. The number of hydrogen-bond donors (Lipinski definition) is 4. The molecule has 0 radical (unpaired) electrons. The Balaban J connectivity index is -0.0000000600. The monoisotopic (exact) mass is 308 g/mol. The molecule has 0 aromatic heterocycles. The molecule has 0 fully saturated rings. The van der Waals surface area contributed by atoms with Crippen LogP contribution < -0.4 is 0 Å². The van der Waals surface area contributed by atoms with Gasteiger partial charge in [0, 0.05) is 0 Å². The molecule has 13 heavy (non-hydrogen) atoms. The summed E-state index contributed by atoms with van der Waals surface area (Å²) in [5, 5.41) is 0. The van der Waals surface area contributed by atoms with Gasteiger partial charge in [-0.2, -0.15) is 12.6 Å². The van der Waals surface area contributed by atoms with Crippen LogP contribution in [0.3, 0.4) is 0 Å². The van der Waals surface area contributed by atoms with Crippen LogP contribution in [0.4, 0.5) is 0 Å². The van der Waals surface area contributed by atoms with Gasteiger partial charge < -0.3 is 0 Å². The van der Waals surface area contributed by atoms with Crippen LogP contribution >= 0.6 is 0 Å². The summed E-state index contributed by atoms with van der Waals surface area (Å²) in [7, 11) is -7.87. The first-order valence-corrected chi connectivity index (χ1v) is 5.69. The molecule has 74 valence electrons. The summed E-state index contributed by atoms with van der Waals surface area (Å²) in [6, 6.07) is 0. The fourth-order valence-corrected chi connectivity index (χ4v) is 0. The van der Waals surface area contributed by atoms with E-state index in [4.69, 9.17) is 22.4 Å². The van der Waals surface area contributed by atoms with E-state index >= 15 is 0 Å². The molecule has 0 aromatic rings. The maximum absolute atomic E-state index is 9.34. The third-order valence-corrected chi connectivity index (χ3v) is 1.62. The van der Waals surface area contributed by atoms with Gasteiger partial charge in [-0.15, -0.1) is 0 Å². The van der Waals surface area contributed by atoms with E-state index in [1.54, 1.807) is 0 Å². The summed E-state index contributed by atoms with van der Waals surface area (Å²) in [5.74, 6) is 0. The molecule has 0 bridgehead atoms. The van der Waals surface area contributed by atoms with Gasteiger partial charge in [0.15, 0.2) is 0 Å². The van der Waals surface area contributed by atoms with Crippen molar-refractivity contribution in [1.82, 2.24) is 0 Å². The summed E-state index contributed by atoms with van der Waals surface area (Å²) in [6.07, 6.45) is 0. The molecule has 0 aromatic carbocycles. The summed E-state index contributed by atoms with van der Waals surface area (Å²) in [6.45, 7) is 0. The van der Waals surface area contributed by atoms with Crippen molar-refractivity contribution < 1.29 is 35.0 Å². The van der Waals surface area contributed by atoms with Crippen LogP contribution in [0.25, 0.3) is 0 Å². The number of hydrogen-bond acceptors (Lipinski definition) is 4. The molecule has 0 amide bonds. The Morgan fingerprint density at radius 1 is 0.923 bits per heavy atom. The fourth-order valence-electron chi connectivity index (χ4n) is 0. The van der Waals surface area contributed by atoms with E-state index in [2.05, 4.69) is 0 Å². The Hall–Kier alpha value is 3.36. The van der Waals surface area contributed by atoms with Crippen LogP contribution in [-0.4, -0.2) is 138 Å². The molecule has 0 saturated carbocycles. The Bertz CT molecular complexity index is 236. The second kappa shape index (κ2) is 13.4. The normalized spacial score (nSPS) is 11.5. The molecule has 0 aliphatic heterocycles. The molecule has 0 aliphatic rings. The van der Waals surface area contributed by atoms with Crippen molar-refractivity contribution in [2.75, 3.05) is 0 Å². The van der Waals surface area contributed by atoms with Gasteiger partial charge in [0.1, 0.15) is 0 Å². The maximum atomic E-state index is 9.34. The molecule has 1 unspecified atom stereocenters. The van der Waals surface area contributed by atoms with Gasteiger partial charge in [0.05, 0.1) is 0 Å². The summed E-state index contributed by atoms with van der Waals surface area (Å²) < 4.78 is 65.8. The van der Waals surface area contributed by atoms with Crippen LogP contribution in [0, 0.1) is 0 Å². The molecule has 0 saturated heterocycles. The Morgan fingerprint density at radius 3 is 1.00 bits per heavy atom. The molecule has 0 heterocycles. The predicted molar refractivity (Wildman–Crippen MR) is 50.0 cm³/mol. The molecular formula is H6K2O8S3. The zero-order valence-corrected chi connectivity index (χ0v) is 7.10. The minimum atomic E-state index is -4.71. The first-order chi connectivity index (χ1) is 4.68. The van der Waals surface area contributed by atoms with Gasteiger partial charge in [-0.3, -0.25) is 18.2 Å². The van der Waals surface area contributed by atoms with Crippen molar-refractivity contribution in [1.29, 1.82) is 0 Å². The van der Waals surface area contributed by atoms with E-state index in [-0.39, 0.29) is 103 Å². The van der Waals surface area contributed by atoms with Gasteiger partial charge in [0.25, 0.3) is 11.4 Å². The SMILES string of the molecule is O=S(O)O.O=S(O)S(=O)(=O)O.[KH].[KH]. The van der Waals surface area contributed by atoms with E-state index in [0.717, 1.165) is 0 Å². The second-order valence-electron chi connectivity index (χ2n) is 0.876. The van der Waals surface area contributed by atoms with E-state index < -0.39 is 30.6 Å². The second-order valence-corrected chi connectivity index (χ2v) is 4.75. The van der Waals surface area contributed by atoms with Crippen molar-refractivity contribution in [2.45, 2.75) is 0 Å². The Kier molecular flexibility index (Phi) is 26.1. The molecule has 0 spiro atoms. The van der Waals surface area contributed by atoms with Crippen LogP contribution in [0.5, 0.6) is 0 Å². The molecule has 4 N–H and O–H groups in total. The molecule has 13 heteroatoms.